The lowest BCUT2D eigenvalue weighted by atomic mass is 10.1. The molecule has 0 radical (unpaired) electrons. The molecular weight excluding hydrogens is 491 g/mol. The lowest BCUT2D eigenvalue weighted by Gasteiger charge is -2.14. The third kappa shape index (κ3) is 6.62. The molecule has 0 aliphatic carbocycles. The van der Waals surface area contributed by atoms with Gasteiger partial charge in [0.1, 0.15) is 0 Å². The maximum Gasteiger partial charge on any atom is 0.291 e. The summed E-state index contributed by atoms with van der Waals surface area (Å²) in [6.07, 6.45) is 1.48. The summed E-state index contributed by atoms with van der Waals surface area (Å²) in [5.41, 5.74) is 5.57. The second-order valence-corrected chi connectivity index (χ2v) is 6.84. The van der Waals surface area contributed by atoms with Gasteiger partial charge in [0.25, 0.3) is 5.91 Å². The highest BCUT2D eigenvalue weighted by Crippen LogP contribution is 2.12. The number of hydrogen-bond donors (Lipinski definition) is 3. The topological polar surface area (TPSA) is 78.7 Å². The second kappa shape index (κ2) is 11.4. The molecule has 6 nitrogen and oxygen atoms in total. The van der Waals surface area contributed by atoms with E-state index < -0.39 is 0 Å². The van der Waals surface area contributed by atoms with Crippen molar-refractivity contribution in [3.63, 3.8) is 0 Å². The highest BCUT2D eigenvalue weighted by Gasteiger charge is 2.08. The average molecular weight is 518 g/mol. The molecule has 0 spiro atoms. The Morgan fingerprint density at radius 2 is 1.73 bits per heavy atom. The number of anilines is 1. The molecule has 1 aromatic heterocycles. The normalized spacial score (nSPS) is 10.8. The third-order valence-corrected chi connectivity index (χ3v) is 4.58. The number of aliphatic imine (C=N–C) groups is 1. The summed E-state index contributed by atoms with van der Waals surface area (Å²) in [6.45, 7) is 5.55. The van der Waals surface area contributed by atoms with Gasteiger partial charge < -0.3 is 20.4 Å². The molecule has 1 amide bonds. The van der Waals surface area contributed by atoms with Crippen LogP contribution in [-0.4, -0.2) is 18.9 Å². The van der Waals surface area contributed by atoms with Gasteiger partial charge in [-0.15, -0.1) is 24.0 Å². The summed E-state index contributed by atoms with van der Waals surface area (Å²) in [4.78, 5) is 16.3. The van der Waals surface area contributed by atoms with Crippen molar-refractivity contribution in [3.8, 4) is 0 Å². The molecular formula is C23H27IN4O2. The predicted molar refractivity (Wildman–Crippen MR) is 131 cm³/mol. The zero-order valence-electron chi connectivity index (χ0n) is 17.4. The summed E-state index contributed by atoms with van der Waals surface area (Å²) < 4.78 is 5.09. The highest BCUT2D eigenvalue weighted by molar-refractivity contribution is 14.0. The molecule has 3 aromatic rings. The summed E-state index contributed by atoms with van der Waals surface area (Å²) in [7, 11) is 1.75. The number of nitrogens with zero attached hydrogens (tertiary/aromatic N) is 1. The maximum atomic E-state index is 12.0. The van der Waals surface area contributed by atoms with Crippen molar-refractivity contribution in [2.45, 2.75) is 26.9 Å². The molecule has 0 saturated carbocycles. The fourth-order valence-electron chi connectivity index (χ4n) is 2.94. The summed E-state index contributed by atoms with van der Waals surface area (Å²) in [5.74, 6) is 0.756. The van der Waals surface area contributed by atoms with Gasteiger partial charge in [-0.25, -0.2) is 0 Å². The number of aryl methyl sites for hydroxylation is 2. The van der Waals surface area contributed by atoms with Gasteiger partial charge >= 0.3 is 0 Å². The van der Waals surface area contributed by atoms with Crippen LogP contribution < -0.4 is 16.0 Å². The van der Waals surface area contributed by atoms with Gasteiger partial charge in [-0.2, -0.15) is 0 Å². The van der Waals surface area contributed by atoms with Gasteiger partial charge in [-0.3, -0.25) is 9.79 Å². The molecule has 0 fully saturated rings. The van der Waals surface area contributed by atoms with Crippen molar-refractivity contribution >= 4 is 41.5 Å². The fourth-order valence-corrected chi connectivity index (χ4v) is 2.94. The Morgan fingerprint density at radius 3 is 2.37 bits per heavy atom. The number of carbonyl (C=O) groups excluding carboxylic acids is 1. The number of furan rings is 1. The highest BCUT2D eigenvalue weighted by atomic mass is 127. The van der Waals surface area contributed by atoms with Crippen LogP contribution in [0.25, 0.3) is 0 Å². The number of nitrogens with one attached hydrogen (secondary N) is 3. The molecule has 1 heterocycles. The predicted octanol–water partition coefficient (Wildman–Crippen LogP) is 4.63. The van der Waals surface area contributed by atoms with E-state index in [1.165, 1.54) is 23.0 Å². The first-order valence-electron chi connectivity index (χ1n) is 9.49. The zero-order chi connectivity index (χ0) is 20.6. The SMILES string of the molecule is CN=C(NCc1ccc(NC(=O)c2ccco2)cc1)NCc1ccc(C)cc1C.I. The quantitative estimate of drug-likeness (QED) is 0.253. The summed E-state index contributed by atoms with van der Waals surface area (Å²) in [5, 5.41) is 9.45. The Kier molecular flexibility index (Phi) is 8.91. The number of benzene rings is 2. The van der Waals surface area contributed by atoms with Gasteiger partial charge in [0.15, 0.2) is 11.7 Å². The van der Waals surface area contributed by atoms with E-state index in [9.17, 15) is 4.79 Å². The third-order valence-electron chi connectivity index (χ3n) is 4.58. The molecule has 0 saturated heterocycles. The maximum absolute atomic E-state index is 12.0. The Balaban J connectivity index is 0.00000320. The molecule has 3 rings (SSSR count). The van der Waals surface area contributed by atoms with Crippen LogP contribution in [0.3, 0.4) is 0 Å². The van der Waals surface area contributed by atoms with Crippen molar-refractivity contribution in [2.24, 2.45) is 4.99 Å². The monoisotopic (exact) mass is 518 g/mol. The Morgan fingerprint density at radius 1 is 1.00 bits per heavy atom. The Hall–Kier alpha value is -2.81. The molecule has 0 aliphatic heterocycles. The molecule has 2 aromatic carbocycles. The van der Waals surface area contributed by atoms with Crippen LogP contribution in [0.2, 0.25) is 0 Å². The van der Waals surface area contributed by atoms with Crippen LogP contribution in [0.5, 0.6) is 0 Å². The number of halogens is 1. The first-order valence-corrected chi connectivity index (χ1v) is 9.49. The minimum atomic E-state index is -0.267. The number of carbonyl (C=O) groups is 1. The molecule has 0 aliphatic rings. The molecule has 30 heavy (non-hydrogen) atoms. The van der Waals surface area contributed by atoms with E-state index >= 15 is 0 Å². The zero-order valence-corrected chi connectivity index (χ0v) is 19.7. The smallest absolute Gasteiger partial charge is 0.291 e. The standard InChI is InChI=1S/C23H26N4O2.HI/c1-16-6-9-19(17(2)13-16)15-26-23(24-3)25-14-18-7-10-20(11-8-18)27-22(28)21-5-4-12-29-21;/h4-13H,14-15H2,1-3H3,(H,27,28)(H2,24,25,26);1H. The van der Waals surface area contributed by atoms with Crippen LogP contribution in [0.1, 0.15) is 32.8 Å². The largest absolute Gasteiger partial charge is 0.459 e. The minimum Gasteiger partial charge on any atom is -0.459 e. The Labute approximate surface area is 194 Å². The van der Waals surface area contributed by atoms with Crippen molar-refractivity contribution in [1.29, 1.82) is 0 Å². The average Bonchev–Trinajstić information content (AvgIpc) is 3.25. The molecule has 0 atom stereocenters. The van der Waals surface area contributed by atoms with Gasteiger partial charge in [0.2, 0.25) is 0 Å². The summed E-state index contributed by atoms with van der Waals surface area (Å²) >= 11 is 0. The molecule has 0 unspecified atom stereocenters. The number of rotatable bonds is 6. The first-order chi connectivity index (χ1) is 14.0. The Bertz CT molecular complexity index is 983. The number of amides is 1. The van der Waals surface area contributed by atoms with Crippen molar-refractivity contribution in [3.05, 3.63) is 88.9 Å². The minimum absolute atomic E-state index is 0. The van der Waals surface area contributed by atoms with E-state index in [2.05, 4.69) is 53.0 Å². The number of guanidine groups is 1. The second-order valence-electron chi connectivity index (χ2n) is 6.84. The van der Waals surface area contributed by atoms with Crippen LogP contribution in [0.15, 0.2) is 70.3 Å². The van der Waals surface area contributed by atoms with E-state index in [-0.39, 0.29) is 35.6 Å². The van der Waals surface area contributed by atoms with E-state index in [4.69, 9.17) is 4.42 Å². The van der Waals surface area contributed by atoms with Crippen LogP contribution in [-0.2, 0) is 13.1 Å². The fraction of sp³-hybridized carbons (Fsp3) is 0.217. The molecule has 7 heteroatoms. The van der Waals surface area contributed by atoms with E-state index in [1.54, 1.807) is 19.2 Å². The molecule has 158 valence electrons. The first kappa shape index (κ1) is 23.5. The van der Waals surface area contributed by atoms with Crippen molar-refractivity contribution in [2.75, 3.05) is 12.4 Å². The van der Waals surface area contributed by atoms with Gasteiger partial charge in [-0.1, -0.05) is 35.9 Å². The van der Waals surface area contributed by atoms with Gasteiger partial charge in [0.05, 0.1) is 6.26 Å². The molecule has 0 bridgehead atoms. The summed E-state index contributed by atoms with van der Waals surface area (Å²) in [6, 6.07) is 17.4. The lowest BCUT2D eigenvalue weighted by molar-refractivity contribution is 0.0996. The van der Waals surface area contributed by atoms with Gasteiger partial charge in [-0.05, 0) is 54.8 Å². The van der Waals surface area contributed by atoms with Crippen molar-refractivity contribution < 1.29 is 9.21 Å². The van der Waals surface area contributed by atoms with Crippen LogP contribution in [0.4, 0.5) is 5.69 Å². The van der Waals surface area contributed by atoms with Gasteiger partial charge in [0, 0.05) is 25.8 Å². The van der Waals surface area contributed by atoms with Crippen molar-refractivity contribution in [1.82, 2.24) is 10.6 Å². The lowest BCUT2D eigenvalue weighted by Crippen LogP contribution is -2.36. The van der Waals surface area contributed by atoms with Crippen LogP contribution >= 0.6 is 24.0 Å². The van der Waals surface area contributed by atoms with E-state index in [0.29, 0.717) is 18.8 Å². The van der Waals surface area contributed by atoms with Crippen LogP contribution in [0, 0.1) is 13.8 Å². The van der Waals surface area contributed by atoms with E-state index in [1.807, 2.05) is 24.3 Å². The molecule has 3 N–H and O–H groups in total. The number of hydrogen-bond acceptors (Lipinski definition) is 3. The van der Waals surface area contributed by atoms with E-state index in [0.717, 1.165) is 11.5 Å².